The fourth-order valence-electron chi connectivity index (χ4n) is 4.28. The van der Waals surface area contributed by atoms with E-state index in [0.29, 0.717) is 12.2 Å². The molecule has 1 aromatic carbocycles. The molecular weight excluding hydrogens is 300 g/mol. The van der Waals surface area contributed by atoms with Gasteiger partial charge in [-0.15, -0.1) is 0 Å². The summed E-state index contributed by atoms with van der Waals surface area (Å²) in [5.41, 5.74) is 0.812. The molecule has 0 radical (unpaired) electrons. The molecule has 1 aromatic rings. The lowest BCUT2D eigenvalue weighted by atomic mass is 9.66. The number of unbranched alkanes of at least 4 members (excludes halogenated alkanes) is 2. The van der Waals surface area contributed by atoms with Crippen molar-refractivity contribution in [2.75, 3.05) is 0 Å². The van der Waals surface area contributed by atoms with Crippen LogP contribution < -0.4 is 4.74 Å². The lowest BCUT2D eigenvalue weighted by Gasteiger charge is -2.48. The topological polar surface area (TPSA) is 49.7 Å². The molecule has 1 heterocycles. The van der Waals surface area contributed by atoms with E-state index in [-0.39, 0.29) is 17.4 Å². The van der Waals surface area contributed by atoms with Crippen molar-refractivity contribution < 1.29 is 14.9 Å². The Kier molecular flexibility index (Phi) is 4.41. The highest BCUT2D eigenvalue weighted by atomic mass is 16.5. The Morgan fingerprint density at radius 2 is 1.96 bits per heavy atom. The number of fused-ring (bicyclic) bond motifs is 3. The first-order chi connectivity index (χ1) is 11.2. The molecule has 3 atom stereocenters. The van der Waals surface area contributed by atoms with E-state index in [0.717, 1.165) is 29.7 Å². The number of rotatable bonds is 4. The fraction of sp³-hybridized carbons (Fsp3) is 0.619. The van der Waals surface area contributed by atoms with Gasteiger partial charge in [-0.05, 0) is 57.7 Å². The van der Waals surface area contributed by atoms with Gasteiger partial charge in [-0.25, -0.2) is 0 Å². The Morgan fingerprint density at radius 1 is 1.21 bits per heavy atom. The van der Waals surface area contributed by atoms with Gasteiger partial charge < -0.3 is 14.9 Å². The maximum Gasteiger partial charge on any atom is 0.127 e. The first-order valence-electron chi connectivity index (χ1n) is 9.20. The molecule has 2 aliphatic rings. The summed E-state index contributed by atoms with van der Waals surface area (Å²) in [5.74, 6) is 1.34. The number of phenolic OH excluding ortho intramolecular Hbond substituents is 1. The number of aryl methyl sites for hydroxylation is 1. The molecule has 3 rings (SSSR count). The van der Waals surface area contributed by atoms with Gasteiger partial charge in [-0.1, -0.05) is 31.9 Å². The maximum absolute atomic E-state index is 10.7. The van der Waals surface area contributed by atoms with Gasteiger partial charge in [0.05, 0.1) is 5.60 Å². The lowest BCUT2D eigenvalue weighted by molar-refractivity contribution is -0.00113. The molecule has 0 aromatic heterocycles. The van der Waals surface area contributed by atoms with E-state index in [2.05, 4.69) is 32.9 Å². The maximum atomic E-state index is 10.7. The van der Waals surface area contributed by atoms with Crippen LogP contribution in [-0.2, 0) is 6.42 Å². The standard InChI is InChI=1S/C21H30O3/c1-5-6-7-8-14-11-17(22)19-15-13-21(4,23)10-9-16(15)20(2,3)24-18(19)12-14/h9-12,15-16,22-23H,5-8,13H2,1-4H3/t15-,16-,21-/m1/s1. The van der Waals surface area contributed by atoms with Crippen molar-refractivity contribution in [2.24, 2.45) is 5.92 Å². The second-order valence-electron chi connectivity index (χ2n) is 8.24. The van der Waals surface area contributed by atoms with Gasteiger partial charge in [0.2, 0.25) is 0 Å². The minimum absolute atomic E-state index is 0.0773. The van der Waals surface area contributed by atoms with Crippen LogP contribution in [0.15, 0.2) is 24.3 Å². The average molecular weight is 330 g/mol. The molecular formula is C21H30O3. The summed E-state index contributed by atoms with van der Waals surface area (Å²) in [6.45, 7) is 8.22. The number of hydrogen-bond acceptors (Lipinski definition) is 3. The highest BCUT2D eigenvalue weighted by Crippen LogP contribution is 2.54. The summed E-state index contributed by atoms with van der Waals surface area (Å²) in [6.07, 6.45) is 9.02. The molecule has 2 N–H and O–H groups in total. The first kappa shape index (κ1) is 17.3. The minimum atomic E-state index is -0.835. The molecule has 0 saturated carbocycles. The zero-order valence-corrected chi connectivity index (χ0v) is 15.3. The zero-order valence-electron chi connectivity index (χ0n) is 15.3. The lowest BCUT2D eigenvalue weighted by Crippen LogP contribution is -2.47. The van der Waals surface area contributed by atoms with Crippen molar-refractivity contribution in [2.45, 2.75) is 76.9 Å². The molecule has 132 valence electrons. The van der Waals surface area contributed by atoms with Crippen LogP contribution in [0, 0.1) is 5.92 Å². The first-order valence-corrected chi connectivity index (χ1v) is 9.20. The molecule has 0 bridgehead atoms. The van der Waals surface area contributed by atoms with E-state index in [1.165, 1.54) is 12.8 Å². The van der Waals surface area contributed by atoms with E-state index >= 15 is 0 Å². The molecule has 0 amide bonds. The Hall–Kier alpha value is -1.48. The highest BCUT2D eigenvalue weighted by Gasteiger charge is 2.47. The van der Waals surface area contributed by atoms with Gasteiger partial charge in [-0.3, -0.25) is 0 Å². The van der Waals surface area contributed by atoms with Crippen LogP contribution in [0.1, 0.15) is 70.4 Å². The largest absolute Gasteiger partial charge is 0.508 e. The monoisotopic (exact) mass is 330 g/mol. The van der Waals surface area contributed by atoms with Crippen molar-refractivity contribution in [3.8, 4) is 11.5 Å². The van der Waals surface area contributed by atoms with Gasteiger partial charge in [0, 0.05) is 17.4 Å². The summed E-state index contributed by atoms with van der Waals surface area (Å²) in [5, 5.41) is 21.2. The van der Waals surface area contributed by atoms with E-state index in [9.17, 15) is 10.2 Å². The molecule has 1 aliphatic carbocycles. The molecule has 0 unspecified atom stereocenters. The number of hydrogen-bond donors (Lipinski definition) is 2. The Labute approximate surface area is 145 Å². The number of aromatic hydroxyl groups is 1. The molecule has 0 spiro atoms. The van der Waals surface area contributed by atoms with E-state index in [4.69, 9.17) is 4.74 Å². The molecule has 0 fully saturated rings. The molecule has 1 aliphatic heterocycles. The van der Waals surface area contributed by atoms with Gasteiger partial charge in [0.1, 0.15) is 17.1 Å². The summed E-state index contributed by atoms with van der Waals surface area (Å²) in [7, 11) is 0. The number of phenols is 1. The summed E-state index contributed by atoms with van der Waals surface area (Å²) in [6, 6.07) is 3.98. The average Bonchev–Trinajstić information content (AvgIpc) is 2.44. The van der Waals surface area contributed by atoms with Crippen molar-refractivity contribution in [3.05, 3.63) is 35.4 Å². The predicted molar refractivity (Wildman–Crippen MR) is 96.7 cm³/mol. The third-order valence-electron chi connectivity index (χ3n) is 5.52. The van der Waals surface area contributed by atoms with E-state index < -0.39 is 5.60 Å². The number of ether oxygens (including phenoxy) is 1. The second kappa shape index (κ2) is 6.11. The third-order valence-corrected chi connectivity index (χ3v) is 5.52. The van der Waals surface area contributed by atoms with Gasteiger partial charge in [0.15, 0.2) is 0 Å². The summed E-state index contributed by atoms with van der Waals surface area (Å²) < 4.78 is 6.29. The van der Waals surface area contributed by atoms with Crippen molar-refractivity contribution in [3.63, 3.8) is 0 Å². The SMILES string of the molecule is CCCCCc1cc(O)c2c(c1)OC(C)(C)[C@@H]1C=C[C@@](C)(O)C[C@@H]21. The third kappa shape index (κ3) is 3.19. The smallest absolute Gasteiger partial charge is 0.127 e. The normalized spacial score (nSPS) is 30.4. The Balaban J connectivity index is 1.99. The molecule has 3 heteroatoms. The van der Waals surface area contributed by atoms with Crippen LogP contribution in [0.4, 0.5) is 0 Å². The number of aliphatic hydroxyl groups is 1. The predicted octanol–water partition coefficient (Wildman–Crippen LogP) is 4.71. The Morgan fingerprint density at radius 3 is 2.67 bits per heavy atom. The molecule has 24 heavy (non-hydrogen) atoms. The Bertz CT molecular complexity index is 643. The highest BCUT2D eigenvalue weighted by molar-refractivity contribution is 5.53. The van der Waals surface area contributed by atoms with Crippen LogP contribution in [-0.4, -0.2) is 21.4 Å². The van der Waals surface area contributed by atoms with Crippen LogP contribution >= 0.6 is 0 Å². The molecule has 0 saturated heterocycles. The minimum Gasteiger partial charge on any atom is -0.508 e. The summed E-state index contributed by atoms with van der Waals surface area (Å²) in [4.78, 5) is 0. The quantitative estimate of drug-likeness (QED) is 0.621. The van der Waals surface area contributed by atoms with Crippen molar-refractivity contribution >= 4 is 0 Å². The molecule has 3 nitrogen and oxygen atoms in total. The van der Waals surface area contributed by atoms with E-state index in [1.54, 1.807) is 0 Å². The number of benzene rings is 1. The second-order valence-corrected chi connectivity index (χ2v) is 8.24. The van der Waals surface area contributed by atoms with Gasteiger partial charge >= 0.3 is 0 Å². The fourth-order valence-corrected chi connectivity index (χ4v) is 4.28. The van der Waals surface area contributed by atoms with Crippen LogP contribution in [0.3, 0.4) is 0 Å². The van der Waals surface area contributed by atoms with Gasteiger partial charge in [0.25, 0.3) is 0 Å². The van der Waals surface area contributed by atoms with Crippen molar-refractivity contribution in [1.82, 2.24) is 0 Å². The van der Waals surface area contributed by atoms with Crippen LogP contribution in [0.2, 0.25) is 0 Å². The van der Waals surface area contributed by atoms with Crippen LogP contribution in [0.5, 0.6) is 11.5 Å². The van der Waals surface area contributed by atoms with Crippen LogP contribution in [0.25, 0.3) is 0 Å². The summed E-state index contributed by atoms with van der Waals surface area (Å²) >= 11 is 0. The zero-order chi connectivity index (χ0) is 17.5. The van der Waals surface area contributed by atoms with Crippen molar-refractivity contribution in [1.29, 1.82) is 0 Å². The van der Waals surface area contributed by atoms with E-state index in [1.807, 2.05) is 19.1 Å². The van der Waals surface area contributed by atoms with Gasteiger partial charge in [-0.2, -0.15) is 0 Å².